The summed E-state index contributed by atoms with van der Waals surface area (Å²) < 4.78 is 13.5. The van der Waals surface area contributed by atoms with Crippen molar-refractivity contribution in [3.63, 3.8) is 0 Å². The lowest BCUT2D eigenvalue weighted by atomic mass is 10.2. The van der Waals surface area contributed by atoms with Crippen molar-refractivity contribution in [2.24, 2.45) is 0 Å². The number of aryl methyl sites for hydroxylation is 1. The normalized spacial score (nSPS) is 10.9. The second-order valence-electron chi connectivity index (χ2n) is 6.95. The van der Waals surface area contributed by atoms with Gasteiger partial charge in [0, 0.05) is 5.02 Å². The number of thiophene rings is 1. The Hall–Kier alpha value is -2.52. The molecule has 0 amide bonds. The van der Waals surface area contributed by atoms with Crippen molar-refractivity contribution in [2.75, 3.05) is 12.9 Å². The lowest BCUT2D eigenvalue weighted by Crippen LogP contribution is -2.08. The number of carbonyl (C=O) groups excluding carboxylic acids is 1. The molecule has 0 unspecified atom stereocenters. The van der Waals surface area contributed by atoms with Gasteiger partial charge in [0.1, 0.15) is 18.1 Å². The highest BCUT2D eigenvalue weighted by molar-refractivity contribution is 7.99. The van der Waals surface area contributed by atoms with E-state index >= 15 is 0 Å². The van der Waals surface area contributed by atoms with E-state index in [4.69, 9.17) is 32.7 Å². The van der Waals surface area contributed by atoms with Gasteiger partial charge in [0.25, 0.3) is 0 Å². The van der Waals surface area contributed by atoms with Crippen molar-refractivity contribution < 1.29 is 14.3 Å². The van der Waals surface area contributed by atoms with Crippen molar-refractivity contribution >= 4 is 52.1 Å². The Kier molecular flexibility index (Phi) is 7.60. The topological polar surface area (TPSA) is 66.2 Å². The number of carbonyl (C=O) groups is 1. The van der Waals surface area contributed by atoms with Crippen LogP contribution in [0.15, 0.2) is 59.8 Å². The Labute approximate surface area is 209 Å². The average molecular weight is 520 g/mol. The molecule has 33 heavy (non-hydrogen) atoms. The molecular weight excluding hydrogens is 501 g/mol. The summed E-state index contributed by atoms with van der Waals surface area (Å²) >= 11 is 14.9. The molecule has 0 saturated carbocycles. The van der Waals surface area contributed by atoms with Gasteiger partial charge in [0.2, 0.25) is 0 Å². The first-order chi connectivity index (χ1) is 15.9. The molecule has 0 bridgehead atoms. The van der Waals surface area contributed by atoms with Gasteiger partial charge in [-0.1, -0.05) is 41.0 Å². The zero-order valence-electron chi connectivity index (χ0n) is 17.7. The van der Waals surface area contributed by atoms with Crippen LogP contribution in [0.5, 0.6) is 11.5 Å². The predicted molar refractivity (Wildman–Crippen MR) is 133 cm³/mol. The Bertz CT molecular complexity index is 1270. The van der Waals surface area contributed by atoms with Crippen LogP contribution < -0.4 is 9.47 Å². The monoisotopic (exact) mass is 519 g/mol. The van der Waals surface area contributed by atoms with Gasteiger partial charge in [-0.15, -0.1) is 21.5 Å². The summed E-state index contributed by atoms with van der Waals surface area (Å²) in [4.78, 5) is 13.2. The van der Waals surface area contributed by atoms with Gasteiger partial charge >= 0.3 is 0 Å². The molecule has 0 fully saturated rings. The van der Waals surface area contributed by atoms with Gasteiger partial charge in [0.05, 0.1) is 27.8 Å². The van der Waals surface area contributed by atoms with Crippen LogP contribution in [0, 0.1) is 6.92 Å². The lowest BCUT2D eigenvalue weighted by molar-refractivity contribution is 0.102. The van der Waals surface area contributed by atoms with Crippen molar-refractivity contribution in [1.82, 2.24) is 14.8 Å². The maximum atomic E-state index is 12.6. The van der Waals surface area contributed by atoms with Gasteiger partial charge in [-0.25, -0.2) is 0 Å². The number of ketones is 1. The van der Waals surface area contributed by atoms with Gasteiger partial charge in [-0.3, -0.25) is 9.36 Å². The standard InChI is InChI=1S/C23H19Cl2N3O3S2/c1-14-3-4-15(11-18(14)24)28-22(12-31-17-7-5-16(30-2)6-8-17)26-27-23(28)32-13-19(29)20-9-10-21(25)33-20/h3-11H,12-13H2,1-2H3. The van der Waals surface area contributed by atoms with E-state index in [1.54, 1.807) is 19.2 Å². The van der Waals surface area contributed by atoms with E-state index in [2.05, 4.69) is 10.2 Å². The zero-order valence-corrected chi connectivity index (χ0v) is 20.9. The Morgan fingerprint density at radius 3 is 2.48 bits per heavy atom. The first kappa shape index (κ1) is 23.6. The Morgan fingerprint density at radius 2 is 1.82 bits per heavy atom. The molecule has 2 aromatic carbocycles. The first-order valence-electron chi connectivity index (χ1n) is 9.83. The molecule has 4 rings (SSSR count). The molecule has 0 aliphatic rings. The van der Waals surface area contributed by atoms with E-state index in [0.717, 1.165) is 17.0 Å². The molecule has 10 heteroatoms. The fraction of sp³-hybridized carbons (Fsp3) is 0.174. The molecule has 4 aromatic rings. The van der Waals surface area contributed by atoms with Crippen LogP contribution in [0.1, 0.15) is 21.1 Å². The fourth-order valence-electron chi connectivity index (χ4n) is 2.95. The predicted octanol–water partition coefficient (Wildman–Crippen LogP) is 6.51. The highest BCUT2D eigenvalue weighted by atomic mass is 35.5. The third-order valence-electron chi connectivity index (χ3n) is 4.72. The minimum absolute atomic E-state index is 0.0237. The minimum Gasteiger partial charge on any atom is -0.497 e. The molecule has 170 valence electrons. The third kappa shape index (κ3) is 5.70. The number of halogens is 2. The maximum absolute atomic E-state index is 12.6. The van der Waals surface area contributed by atoms with Crippen LogP contribution in [0.3, 0.4) is 0 Å². The highest BCUT2D eigenvalue weighted by Gasteiger charge is 2.18. The molecule has 0 atom stereocenters. The fourth-order valence-corrected chi connectivity index (χ4v) is 5.05. The number of ether oxygens (including phenoxy) is 2. The van der Waals surface area contributed by atoms with Crippen molar-refractivity contribution in [1.29, 1.82) is 0 Å². The van der Waals surface area contributed by atoms with E-state index in [9.17, 15) is 4.79 Å². The smallest absolute Gasteiger partial charge is 0.196 e. The maximum Gasteiger partial charge on any atom is 0.196 e. The molecule has 6 nitrogen and oxygen atoms in total. The summed E-state index contributed by atoms with van der Waals surface area (Å²) in [7, 11) is 1.61. The number of rotatable bonds is 9. The van der Waals surface area contributed by atoms with Crippen molar-refractivity contribution in [2.45, 2.75) is 18.7 Å². The molecule has 0 saturated heterocycles. The summed E-state index contributed by atoms with van der Waals surface area (Å²) in [5.41, 5.74) is 1.75. The number of benzene rings is 2. The SMILES string of the molecule is COc1ccc(OCc2nnc(SCC(=O)c3ccc(Cl)s3)n2-c2ccc(C)c(Cl)c2)cc1. The van der Waals surface area contributed by atoms with Gasteiger partial charge in [0.15, 0.2) is 16.8 Å². The number of thioether (sulfide) groups is 1. The molecule has 0 radical (unpaired) electrons. The summed E-state index contributed by atoms with van der Waals surface area (Å²) in [6.45, 7) is 2.12. The summed E-state index contributed by atoms with van der Waals surface area (Å²) in [6.07, 6.45) is 0. The van der Waals surface area contributed by atoms with E-state index in [1.807, 2.05) is 54.0 Å². The average Bonchev–Trinajstić information content (AvgIpc) is 3.44. The molecule has 0 aliphatic heterocycles. The van der Waals surface area contributed by atoms with E-state index in [0.29, 0.717) is 31.0 Å². The number of nitrogens with zero attached hydrogens (tertiary/aromatic N) is 3. The molecule has 0 aliphatic carbocycles. The Balaban J connectivity index is 1.58. The summed E-state index contributed by atoms with van der Waals surface area (Å²) in [5, 5.41) is 9.83. The molecule has 2 heterocycles. The van der Waals surface area contributed by atoms with Crippen LogP contribution in [-0.2, 0) is 6.61 Å². The third-order valence-corrected chi connectivity index (χ3v) is 7.33. The van der Waals surface area contributed by atoms with Crippen molar-refractivity contribution in [3.05, 3.63) is 80.2 Å². The van der Waals surface area contributed by atoms with E-state index in [-0.39, 0.29) is 18.1 Å². The summed E-state index contributed by atoms with van der Waals surface area (Å²) in [6, 6.07) is 16.5. The van der Waals surface area contributed by atoms with Crippen LogP contribution >= 0.6 is 46.3 Å². The second kappa shape index (κ2) is 10.6. The lowest BCUT2D eigenvalue weighted by Gasteiger charge is -2.12. The summed E-state index contributed by atoms with van der Waals surface area (Å²) in [5.74, 6) is 2.18. The number of methoxy groups -OCH3 is 1. The first-order valence-corrected chi connectivity index (χ1v) is 12.4. The van der Waals surface area contributed by atoms with Crippen LogP contribution in [-0.4, -0.2) is 33.4 Å². The molecular formula is C23H19Cl2N3O3S2. The largest absolute Gasteiger partial charge is 0.497 e. The zero-order chi connectivity index (χ0) is 23.4. The van der Waals surface area contributed by atoms with Gasteiger partial charge < -0.3 is 9.47 Å². The minimum atomic E-state index is -0.0237. The number of hydrogen-bond donors (Lipinski definition) is 0. The molecule has 0 N–H and O–H groups in total. The second-order valence-corrected chi connectivity index (χ2v) is 10.0. The van der Waals surface area contributed by atoms with Gasteiger partial charge in [-0.2, -0.15) is 0 Å². The number of hydrogen-bond acceptors (Lipinski definition) is 7. The van der Waals surface area contributed by atoms with E-state index < -0.39 is 0 Å². The number of Topliss-reactive ketones (excluding diaryl/α,β-unsaturated/α-hetero) is 1. The van der Waals surface area contributed by atoms with Crippen molar-refractivity contribution in [3.8, 4) is 17.2 Å². The number of aromatic nitrogens is 3. The van der Waals surface area contributed by atoms with E-state index in [1.165, 1.54) is 23.1 Å². The van der Waals surface area contributed by atoms with Gasteiger partial charge in [-0.05, 0) is 61.0 Å². The van der Waals surface area contributed by atoms with Crippen LogP contribution in [0.4, 0.5) is 0 Å². The quantitative estimate of drug-likeness (QED) is 0.185. The highest BCUT2D eigenvalue weighted by Crippen LogP contribution is 2.28. The van der Waals surface area contributed by atoms with Crippen LogP contribution in [0.2, 0.25) is 9.36 Å². The molecule has 0 spiro atoms. The van der Waals surface area contributed by atoms with Crippen LogP contribution in [0.25, 0.3) is 5.69 Å². The molecule has 2 aromatic heterocycles. The Morgan fingerprint density at radius 1 is 1.06 bits per heavy atom.